The molecule has 150 valence electrons. The number of piperidine rings is 1. The van der Waals surface area contributed by atoms with Crippen LogP contribution in [0.4, 0.5) is 18.9 Å². The molecule has 0 aliphatic carbocycles. The van der Waals surface area contributed by atoms with Crippen LogP contribution in [0.1, 0.15) is 18.4 Å². The van der Waals surface area contributed by atoms with E-state index in [4.69, 9.17) is 0 Å². The van der Waals surface area contributed by atoms with Crippen LogP contribution in [-0.4, -0.2) is 53.5 Å². The number of anilines is 1. The molecule has 8 heteroatoms. The van der Waals surface area contributed by atoms with Crippen molar-refractivity contribution in [2.75, 3.05) is 42.6 Å². The van der Waals surface area contributed by atoms with Crippen molar-refractivity contribution in [2.45, 2.75) is 19.0 Å². The summed E-state index contributed by atoms with van der Waals surface area (Å²) in [7, 11) is 0. The normalized spacial score (nSPS) is 19.2. The Morgan fingerprint density at radius 2 is 1.79 bits per heavy atom. The predicted molar refractivity (Wildman–Crippen MR) is 106 cm³/mol. The molecule has 2 aliphatic rings. The van der Waals surface area contributed by atoms with Crippen molar-refractivity contribution in [3.8, 4) is 0 Å². The van der Waals surface area contributed by atoms with Crippen molar-refractivity contribution in [3.63, 3.8) is 0 Å². The summed E-state index contributed by atoms with van der Waals surface area (Å²) in [5.74, 6) is 2.32. The lowest BCUT2D eigenvalue weighted by atomic mass is 9.94. The van der Waals surface area contributed by atoms with Gasteiger partial charge in [0, 0.05) is 60.9 Å². The molecule has 1 amide bonds. The zero-order valence-electron chi connectivity index (χ0n) is 15.4. The van der Waals surface area contributed by atoms with Crippen molar-refractivity contribution in [3.05, 3.63) is 36.0 Å². The van der Waals surface area contributed by atoms with Crippen molar-refractivity contribution < 1.29 is 18.0 Å². The third-order valence-corrected chi connectivity index (χ3v) is 6.50. The topological polar surface area (TPSA) is 36.4 Å². The van der Waals surface area contributed by atoms with E-state index in [2.05, 4.69) is 9.88 Å². The first-order valence-corrected chi connectivity index (χ1v) is 10.7. The molecule has 0 N–H and O–H groups in total. The molecule has 3 heterocycles. The van der Waals surface area contributed by atoms with E-state index in [0.717, 1.165) is 68.3 Å². The van der Waals surface area contributed by atoms with Gasteiger partial charge in [-0.25, -0.2) is 0 Å². The van der Waals surface area contributed by atoms with Crippen LogP contribution < -0.4 is 4.90 Å². The molecular formula is C20H22F3N3OS. The SMILES string of the molecule is O=C(C1CCN(c2ccnc3cc(C(F)(F)F)ccc23)CC1)N1CCSCC1. The van der Waals surface area contributed by atoms with E-state index in [9.17, 15) is 18.0 Å². The first-order chi connectivity index (χ1) is 13.4. The van der Waals surface area contributed by atoms with Gasteiger partial charge in [-0.3, -0.25) is 9.78 Å². The van der Waals surface area contributed by atoms with Gasteiger partial charge >= 0.3 is 6.18 Å². The number of carbonyl (C=O) groups is 1. The summed E-state index contributed by atoms with van der Waals surface area (Å²) in [6.45, 7) is 3.11. The van der Waals surface area contributed by atoms with Gasteiger partial charge in [-0.05, 0) is 31.0 Å². The van der Waals surface area contributed by atoms with Gasteiger partial charge < -0.3 is 9.80 Å². The minimum Gasteiger partial charge on any atom is -0.371 e. The minimum absolute atomic E-state index is 0.0456. The number of pyridine rings is 1. The lowest BCUT2D eigenvalue weighted by Gasteiger charge is -2.36. The van der Waals surface area contributed by atoms with Gasteiger partial charge in [0.1, 0.15) is 0 Å². The summed E-state index contributed by atoms with van der Waals surface area (Å²) in [4.78, 5) is 21.0. The number of fused-ring (bicyclic) bond motifs is 1. The Labute approximate surface area is 166 Å². The molecule has 0 radical (unpaired) electrons. The van der Waals surface area contributed by atoms with Crippen LogP contribution in [0.3, 0.4) is 0 Å². The maximum atomic E-state index is 13.0. The van der Waals surface area contributed by atoms with Crippen LogP contribution in [0, 0.1) is 5.92 Å². The number of rotatable bonds is 2. The first kappa shape index (κ1) is 19.4. The Kier molecular flexibility index (Phi) is 5.40. The number of carbonyl (C=O) groups excluding carboxylic acids is 1. The Morgan fingerprint density at radius 3 is 2.46 bits per heavy atom. The van der Waals surface area contributed by atoms with Crippen LogP contribution in [0.2, 0.25) is 0 Å². The highest BCUT2D eigenvalue weighted by atomic mass is 32.2. The van der Waals surface area contributed by atoms with Gasteiger partial charge in [0.05, 0.1) is 11.1 Å². The van der Waals surface area contributed by atoms with Crippen LogP contribution >= 0.6 is 11.8 Å². The van der Waals surface area contributed by atoms with Gasteiger partial charge in [-0.15, -0.1) is 0 Å². The number of thioether (sulfide) groups is 1. The lowest BCUT2D eigenvalue weighted by Crippen LogP contribution is -2.45. The smallest absolute Gasteiger partial charge is 0.371 e. The van der Waals surface area contributed by atoms with Crippen LogP contribution in [-0.2, 0) is 11.0 Å². The largest absolute Gasteiger partial charge is 0.416 e. The fourth-order valence-corrected chi connectivity index (χ4v) is 4.90. The minimum atomic E-state index is -4.38. The maximum absolute atomic E-state index is 13.0. The Hall–Kier alpha value is -1.96. The van der Waals surface area contributed by atoms with Crippen molar-refractivity contribution >= 4 is 34.3 Å². The molecule has 0 bridgehead atoms. The third-order valence-electron chi connectivity index (χ3n) is 5.55. The molecule has 2 aromatic rings. The second-order valence-electron chi connectivity index (χ2n) is 7.26. The van der Waals surface area contributed by atoms with Crippen LogP contribution in [0.5, 0.6) is 0 Å². The van der Waals surface area contributed by atoms with E-state index >= 15 is 0 Å². The summed E-state index contributed by atoms with van der Waals surface area (Å²) < 4.78 is 38.9. The number of halogens is 3. The fraction of sp³-hybridized carbons (Fsp3) is 0.500. The molecule has 4 nitrogen and oxygen atoms in total. The van der Waals surface area contributed by atoms with Crippen LogP contribution in [0.25, 0.3) is 10.9 Å². The maximum Gasteiger partial charge on any atom is 0.416 e. The summed E-state index contributed by atoms with van der Waals surface area (Å²) in [5.41, 5.74) is 0.545. The van der Waals surface area contributed by atoms with E-state index in [1.165, 1.54) is 6.07 Å². The lowest BCUT2D eigenvalue weighted by molar-refractivity contribution is -0.137. The Bertz CT molecular complexity index is 859. The van der Waals surface area contributed by atoms with E-state index in [1.54, 1.807) is 6.20 Å². The second-order valence-corrected chi connectivity index (χ2v) is 8.48. The molecular weight excluding hydrogens is 387 g/mol. The van der Waals surface area contributed by atoms with E-state index in [-0.39, 0.29) is 11.8 Å². The van der Waals surface area contributed by atoms with Crippen molar-refractivity contribution in [1.29, 1.82) is 0 Å². The molecule has 2 aliphatic heterocycles. The molecule has 0 spiro atoms. The molecule has 1 aromatic carbocycles. The summed E-state index contributed by atoms with van der Waals surface area (Å²) in [5, 5.41) is 0.716. The van der Waals surface area contributed by atoms with Crippen LogP contribution in [0.15, 0.2) is 30.5 Å². The summed E-state index contributed by atoms with van der Waals surface area (Å²) in [6, 6.07) is 5.56. The molecule has 1 aromatic heterocycles. The number of benzene rings is 1. The fourth-order valence-electron chi connectivity index (χ4n) is 3.99. The zero-order valence-corrected chi connectivity index (χ0v) is 16.2. The molecule has 4 rings (SSSR count). The number of hydrogen-bond acceptors (Lipinski definition) is 4. The second kappa shape index (κ2) is 7.81. The van der Waals surface area contributed by atoms with Gasteiger partial charge in [-0.2, -0.15) is 24.9 Å². The van der Waals surface area contributed by atoms with E-state index in [1.807, 2.05) is 22.7 Å². The number of nitrogens with zero attached hydrogens (tertiary/aromatic N) is 3. The quantitative estimate of drug-likeness (QED) is 0.750. The summed E-state index contributed by atoms with van der Waals surface area (Å²) >= 11 is 1.89. The highest BCUT2D eigenvalue weighted by Crippen LogP contribution is 2.34. The monoisotopic (exact) mass is 409 g/mol. The van der Waals surface area contributed by atoms with Crippen molar-refractivity contribution in [1.82, 2.24) is 9.88 Å². The highest BCUT2D eigenvalue weighted by Gasteiger charge is 2.32. The Morgan fingerprint density at radius 1 is 1.07 bits per heavy atom. The van der Waals surface area contributed by atoms with Gasteiger partial charge in [0.2, 0.25) is 5.91 Å². The van der Waals surface area contributed by atoms with Gasteiger partial charge in [0.25, 0.3) is 0 Å². The number of amides is 1. The Balaban J connectivity index is 1.48. The van der Waals surface area contributed by atoms with E-state index < -0.39 is 11.7 Å². The predicted octanol–water partition coefficient (Wildman–Crippen LogP) is 4.05. The number of alkyl halides is 3. The zero-order chi connectivity index (χ0) is 19.7. The molecule has 0 atom stereocenters. The van der Waals surface area contributed by atoms with E-state index in [0.29, 0.717) is 10.9 Å². The number of aromatic nitrogens is 1. The highest BCUT2D eigenvalue weighted by molar-refractivity contribution is 7.99. The standard InChI is InChI=1S/C20H22F3N3OS/c21-20(22,23)15-1-2-16-17(13-15)24-6-3-18(16)25-7-4-14(5-8-25)19(27)26-9-11-28-12-10-26/h1-3,6,13-14H,4-5,7-12H2. The third kappa shape index (κ3) is 3.92. The molecule has 0 saturated carbocycles. The summed E-state index contributed by atoms with van der Waals surface area (Å²) in [6.07, 6.45) is -1.28. The van der Waals surface area contributed by atoms with Gasteiger partial charge in [0.15, 0.2) is 0 Å². The molecule has 2 saturated heterocycles. The molecule has 28 heavy (non-hydrogen) atoms. The van der Waals surface area contributed by atoms with Crippen molar-refractivity contribution in [2.24, 2.45) is 5.92 Å². The number of hydrogen-bond donors (Lipinski definition) is 0. The average molecular weight is 409 g/mol. The average Bonchev–Trinajstić information content (AvgIpc) is 2.72. The van der Waals surface area contributed by atoms with Gasteiger partial charge in [-0.1, -0.05) is 6.07 Å². The molecule has 0 unspecified atom stereocenters. The molecule has 2 fully saturated rings. The first-order valence-electron chi connectivity index (χ1n) is 9.51.